The Morgan fingerprint density at radius 3 is 2.60 bits per heavy atom. The molecule has 1 aromatic rings. The normalized spacial score (nSPS) is 27.8. The summed E-state index contributed by atoms with van der Waals surface area (Å²) in [6, 6.07) is 3.43. The number of ether oxygens (including phenoxy) is 1. The van der Waals surface area contributed by atoms with Crippen molar-refractivity contribution in [1.82, 2.24) is 14.8 Å². The number of nitrogens with zero attached hydrogens (tertiary/aromatic N) is 3. The van der Waals surface area contributed by atoms with Crippen molar-refractivity contribution in [3.05, 3.63) is 22.3 Å². The molecule has 1 N–H and O–H groups in total. The first-order valence-corrected chi connectivity index (χ1v) is 11.4. The van der Waals surface area contributed by atoms with E-state index in [1.807, 2.05) is 47.0 Å². The lowest BCUT2D eigenvalue weighted by atomic mass is 9.98. The second kappa shape index (κ2) is 7.48. The van der Waals surface area contributed by atoms with Crippen molar-refractivity contribution in [2.75, 3.05) is 26.0 Å². The predicted octanol–water partition coefficient (Wildman–Crippen LogP) is 3.99. The SMILES string of the molecule is CN(C)C[C@@]12C[C@@H](C(=O)Nc3nc(Br)ccc3C3CC3)N(C(=O)OC(C)(C)C)[C@@H]1C2. The first kappa shape index (κ1) is 21.6. The third kappa shape index (κ3) is 4.35. The largest absolute Gasteiger partial charge is 0.444 e. The molecule has 2 amide bonds. The van der Waals surface area contributed by atoms with E-state index >= 15 is 0 Å². The highest BCUT2D eigenvalue weighted by Crippen LogP contribution is 2.60. The smallest absolute Gasteiger partial charge is 0.411 e. The van der Waals surface area contributed by atoms with Crippen LogP contribution >= 0.6 is 15.9 Å². The average molecular weight is 479 g/mol. The minimum atomic E-state index is -0.606. The Balaban J connectivity index is 1.57. The summed E-state index contributed by atoms with van der Waals surface area (Å²) in [5, 5.41) is 3.03. The third-order valence-corrected chi connectivity index (χ3v) is 6.55. The molecule has 3 fully saturated rings. The molecule has 4 rings (SSSR count). The Morgan fingerprint density at radius 2 is 2.00 bits per heavy atom. The number of carbonyl (C=O) groups excluding carboxylic acids is 2. The Labute approximate surface area is 186 Å². The van der Waals surface area contributed by atoms with Crippen LogP contribution in [0.25, 0.3) is 0 Å². The molecule has 1 aliphatic heterocycles. The molecular formula is C22H31BrN4O3. The van der Waals surface area contributed by atoms with Gasteiger partial charge in [0.25, 0.3) is 0 Å². The number of likely N-dealkylation sites (tertiary alicyclic amines) is 1. The number of nitrogens with one attached hydrogen (secondary N) is 1. The van der Waals surface area contributed by atoms with Crippen molar-refractivity contribution in [1.29, 1.82) is 0 Å². The summed E-state index contributed by atoms with van der Waals surface area (Å²) >= 11 is 3.41. The van der Waals surface area contributed by atoms with Gasteiger partial charge in [0.05, 0.1) is 0 Å². The van der Waals surface area contributed by atoms with E-state index in [4.69, 9.17) is 4.74 Å². The van der Waals surface area contributed by atoms with Crippen LogP contribution in [0.1, 0.15) is 57.9 Å². The lowest BCUT2D eigenvalue weighted by Gasteiger charge is -2.30. The van der Waals surface area contributed by atoms with Crippen LogP contribution in [-0.4, -0.2) is 65.1 Å². The maximum atomic E-state index is 13.4. The molecule has 0 spiro atoms. The highest BCUT2D eigenvalue weighted by Gasteiger charge is 2.67. The molecule has 1 saturated heterocycles. The Morgan fingerprint density at radius 1 is 1.30 bits per heavy atom. The molecule has 2 saturated carbocycles. The Hall–Kier alpha value is -1.67. The fourth-order valence-corrected chi connectivity index (χ4v) is 5.07. The van der Waals surface area contributed by atoms with Gasteiger partial charge in [0.1, 0.15) is 22.1 Å². The summed E-state index contributed by atoms with van der Waals surface area (Å²) in [5.41, 5.74) is 0.429. The predicted molar refractivity (Wildman–Crippen MR) is 118 cm³/mol. The fourth-order valence-electron chi connectivity index (χ4n) is 4.76. The van der Waals surface area contributed by atoms with Gasteiger partial charge >= 0.3 is 6.09 Å². The van der Waals surface area contributed by atoms with Crippen LogP contribution in [0.15, 0.2) is 16.7 Å². The summed E-state index contributed by atoms with van der Waals surface area (Å²) in [7, 11) is 4.06. The number of piperidine rings is 1. The minimum Gasteiger partial charge on any atom is -0.444 e. The summed E-state index contributed by atoms with van der Waals surface area (Å²) in [6.45, 7) is 6.40. The van der Waals surface area contributed by atoms with E-state index in [0.717, 1.165) is 31.4 Å². The van der Waals surface area contributed by atoms with Gasteiger partial charge in [0, 0.05) is 18.0 Å². The van der Waals surface area contributed by atoms with E-state index in [1.54, 1.807) is 4.90 Å². The number of rotatable bonds is 5. The summed E-state index contributed by atoms with van der Waals surface area (Å²) < 4.78 is 6.35. The zero-order chi connectivity index (χ0) is 21.8. The Kier molecular flexibility index (Phi) is 5.37. The molecule has 0 bridgehead atoms. The standard InChI is InChI=1S/C22H31BrN4O3/c1-21(2,3)30-20(29)27-15(10-22(11-16(22)27)12-26(4)5)19(28)25-18-14(13-6-7-13)8-9-17(23)24-18/h8-9,13,15-16H,6-7,10-12H2,1-5H3,(H,24,25,28)/t15-,16+,22-/m0/s1. The van der Waals surface area contributed by atoms with Crippen LogP contribution in [0.2, 0.25) is 0 Å². The molecule has 8 heteroatoms. The van der Waals surface area contributed by atoms with E-state index in [2.05, 4.69) is 31.1 Å². The molecule has 2 heterocycles. The van der Waals surface area contributed by atoms with Gasteiger partial charge in [-0.2, -0.15) is 0 Å². The molecule has 7 nitrogen and oxygen atoms in total. The fraction of sp³-hybridized carbons (Fsp3) is 0.682. The van der Waals surface area contributed by atoms with Crippen molar-refractivity contribution < 1.29 is 14.3 Å². The maximum Gasteiger partial charge on any atom is 0.411 e. The van der Waals surface area contributed by atoms with Gasteiger partial charge in [-0.25, -0.2) is 9.78 Å². The van der Waals surface area contributed by atoms with Gasteiger partial charge in [-0.15, -0.1) is 0 Å². The van der Waals surface area contributed by atoms with Crippen LogP contribution < -0.4 is 5.32 Å². The molecule has 164 valence electrons. The van der Waals surface area contributed by atoms with Crippen LogP contribution in [-0.2, 0) is 9.53 Å². The lowest BCUT2D eigenvalue weighted by molar-refractivity contribution is -0.121. The van der Waals surface area contributed by atoms with Gasteiger partial charge in [0.2, 0.25) is 5.91 Å². The van der Waals surface area contributed by atoms with Gasteiger partial charge < -0.3 is 15.0 Å². The van der Waals surface area contributed by atoms with Crippen molar-refractivity contribution >= 4 is 33.7 Å². The molecule has 3 atom stereocenters. The van der Waals surface area contributed by atoms with Crippen molar-refractivity contribution in [3.63, 3.8) is 0 Å². The number of hydrogen-bond donors (Lipinski definition) is 1. The molecular weight excluding hydrogens is 448 g/mol. The summed E-state index contributed by atoms with van der Waals surface area (Å²) in [5.74, 6) is 0.877. The number of halogens is 1. The quantitative estimate of drug-likeness (QED) is 0.647. The average Bonchev–Trinajstić information content (AvgIpc) is 3.51. The van der Waals surface area contributed by atoms with Crippen LogP contribution in [0.3, 0.4) is 0 Å². The second-order valence-electron chi connectivity index (χ2n) is 10.3. The Bertz CT molecular complexity index is 864. The maximum absolute atomic E-state index is 13.4. The van der Waals surface area contributed by atoms with E-state index in [1.165, 1.54) is 0 Å². The molecule has 1 aromatic heterocycles. The number of anilines is 1. The van der Waals surface area contributed by atoms with Gasteiger partial charge in [-0.3, -0.25) is 9.69 Å². The van der Waals surface area contributed by atoms with Crippen LogP contribution in [0.4, 0.5) is 10.6 Å². The first-order valence-electron chi connectivity index (χ1n) is 10.6. The summed E-state index contributed by atoms with van der Waals surface area (Å²) in [4.78, 5) is 34.7. The number of aromatic nitrogens is 1. The van der Waals surface area contributed by atoms with Crippen molar-refractivity contribution in [3.8, 4) is 0 Å². The first-order chi connectivity index (χ1) is 14.0. The zero-order valence-electron chi connectivity index (χ0n) is 18.4. The topological polar surface area (TPSA) is 74.8 Å². The lowest BCUT2D eigenvalue weighted by Crippen LogP contribution is -2.47. The number of amides is 2. The number of hydrogen-bond acceptors (Lipinski definition) is 5. The van der Waals surface area contributed by atoms with E-state index < -0.39 is 17.7 Å². The monoisotopic (exact) mass is 478 g/mol. The number of fused-ring (bicyclic) bond motifs is 1. The second-order valence-corrected chi connectivity index (χ2v) is 11.1. The third-order valence-electron chi connectivity index (χ3n) is 6.11. The molecule has 0 radical (unpaired) electrons. The zero-order valence-corrected chi connectivity index (χ0v) is 20.0. The van der Waals surface area contributed by atoms with Gasteiger partial charge in [-0.05, 0) is 94.0 Å². The van der Waals surface area contributed by atoms with E-state index in [9.17, 15) is 9.59 Å². The highest BCUT2D eigenvalue weighted by atomic mass is 79.9. The van der Waals surface area contributed by atoms with E-state index in [0.29, 0.717) is 22.8 Å². The number of pyridine rings is 1. The molecule has 30 heavy (non-hydrogen) atoms. The van der Waals surface area contributed by atoms with Crippen LogP contribution in [0.5, 0.6) is 0 Å². The molecule has 0 unspecified atom stereocenters. The van der Waals surface area contributed by atoms with Crippen molar-refractivity contribution in [2.45, 2.75) is 70.1 Å². The molecule has 0 aromatic carbocycles. The van der Waals surface area contributed by atoms with Gasteiger partial charge in [-0.1, -0.05) is 6.07 Å². The molecule has 2 aliphatic carbocycles. The summed E-state index contributed by atoms with van der Waals surface area (Å²) in [6.07, 6.45) is 3.39. The van der Waals surface area contributed by atoms with E-state index in [-0.39, 0.29) is 17.4 Å². The highest BCUT2D eigenvalue weighted by molar-refractivity contribution is 9.10. The number of carbonyl (C=O) groups is 2. The minimum absolute atomic E-state index is 0.0353. The van der Waals surface area contributed by atoms with Crippen molar-refractivity contribution in [2.24, 2.45) is 5.41 Å². The van der Waals surface area contributed by atoms with Gasteiger partial charge in [0.15, 0.2) is 0 Å². The van der Waals surface area contributed by atoms with Crippen LogP contribution in [0, 0.1) is 5.41 Å². The molecule has 3 aliphatic rings.